The zero-order chi connectivity index (χ0) is 20.1. The molecule has 0 atom stereocenters. The SMILES string of the molecule is N#Cc1cccc(S(=O)(=O)N(Cc2ccccn2)Cc2ccc(Br)cc2F)c1. The molecule has 5 nitrogen and oxygen atoms in total. The minimum atomic E-state index is -3.99. The molecular weight excluding hydrogens is 445 g/mol. The molecule has 0 aliphatic rings. The fourth-order valence-corrected chi connectivity index (χ4v) is 4.38. The quantitative estimate of drug-likeness (QED) is 0.552. The number of hydrogen-bond donors (Lipinski definition) is 0. The molecule has 0 unspecified atom stereocenters. The van der Waals surface area contributed by atoms with Crippen LogP contribution in [-0.2, 0) is 23.1 Å². The van der Waals surface area contributed by atoms with Crippen molar-refractivity contribution < 1.29 is 12.8 Å². The zero-order valence-corrected chi connectivity index (χ0v) is 17.0. The predicted molar refractivity (Wildman–Crippen MR) is 106 cm³/mol. The molecule has 0 aliphatic carbocycles. The first-order valence-corrected chi connectivity index (χ1v) is 10.5. The largest absolute Gasteiger partial charge is 0.260 e. The van der Waals surface area contributed by atoms with E-state index in [-0.39, 0.29) is 29.1 Å². The van der Waals surface area contributed by atoms with Crippen LogP contribution in [0.15, 0.2) is 76.2 Å². The Balaban J connectivity index is 2.02. The monoisotopic (exact) mass is 459 g/mol. The molecule has 0 spiro atoms. The Bertz CT molecular complexity index is 1130. The van der Waals surface area contributed by atoms with E-state index in [2.05, 4.69) is 20.9 Å². The Morgan fingerprint density at radius 2 is 1.89 bits per heavy atom. The molecule has 142 valence electrons. The van der Waals surface area contributed by atoms with E-state index in [1.165, 1.54) is 36.4 Å². The number of aromatic nitrogens is 1. The molecule has 0 bridgehead atoms. The van der Waals surface area contributed by atoms with Gasteiger partial charge in [0.1, 0.15) is 5.82 Å². The van der Waals surface area contributed by atoms with Crippen molar-refractivity contribution in [3.8, 4) is 6.07 Å². The van der Waals surface area contributed by atoms with Crippen molar-refractivity contribution >= 4 is 26.0 Å². The van der Waals surface area contributed by atoms with E-state index < -0.39 is 15.8 Å². The number of pyridine rings is 1. The van der Waals surface area contributed by atoms with Crippen LogP contribution in [0.4, 0.5) is 4.39 Å². The summed E-state index contributed by atoms with van der Waals surface area (Å²) < 4.78 is 42.6. The Labute approximate surface area is 171 Å². The van der Waals surface area contributed by atoms with Gasteiger partial charge in [0.25, 0.3) is 0 Å². The Kier molecular flexibility index (Phi) is 6.19. The maximum absolute atomic E-state index is 14.3. The van der Waals surface area contributed by atoms with Gasteiger partial charge in [-0.15, -0.1) is 0 Å². The summed E-state index contributed by atoms with van der Waals surface area (Å²) in [5.41, 5.74) is 0.993. The lowest BCUT2D eigenvalue weighted by molar-refractivity contribution is 0.390. The van der Waals surface area contributed by atoms with Crippen LogP contribution in [0.3, 0.4) is 0 Å². The van der Waals surface area contributed by atoms with Crippen LogP contribution in [0.1, 0.15) is 16.8 Å². The van der Waals surface area contributed by atoms with Crippen LogP contribution in [0.25, 0.3) is 0 Å². The van der Waals surface area contributed by atoms with Crippen molar-refractivity contribution in [3.05, 3.63) is 94.0 Å². The van der Waals surface area contributed by atoms with Gasteiger partial charge in [0.05, 0.1) is 28.8 Å². The highest BCUT2D eigenvalue weighted by Crippen LogP contribution is 2.24. The van der Waals surface area contributed by atoms with Crippen LogP contribution in [-0.4, -0.2) is 17.7 Å². The second-order valence-corrected chi connectivity index (χ2v) is 8.82. The number of nitrogens with zero attached hydrogens (tertiary/aromatic N) is 3. The maximum Gasteiger partial charge on any atom is 0.243 e. The second-order valence-electron chi connectivity index (χ2n) is 5.97. The fraction of sp³-hybridized carbons (Fsp3) is 0.100. The number of halogens is 2. The summed E-state index contributed by atoms with van der Waals surface area (Å²) >= 11 is 3.20. The van der Waals surface area contributed by atoms with E-state index in [1.54, 1.807) is 30.5 Å². The molecule has 0 aliphatic heterocycles. The summed E-state index contributed by atoms with van der Waals surface area (Å²) in [5.74, 6) is -0.513. The maximum atomic E-state index is 14.3. The molecule has 2 aromatic carbocycles. The Morgan fingerprint density at radius 3 is 2.57 bits per heavy atom. The number of rotatable bonds is 6. The van der Waals surface area contributed by atoms with Gasteiger partial charge >= 0.3 is 0 Å². The zero-order valence-electron chi connectivity index (χ0n) is 14.6. The second kappa shape index (κ2) is 8.61. The molecule has 0 amide bonds. The predicted octanol–water partition coefficient (Wildman–Crippen LogP) is 4.25. The van der Waals surface area contributed by atoms with Crippen molar-refractivity contribution in [2.45, 2.75) is 18.0 Å². The van der Waals surface area contributed by atoms with Gasteiger partial charge in [-0.05, 0) is 42.5 Å². The van der Waals surface area contributed by atoms with Crippen molar-refractivity contribution in [2.75, 3.05) is 0 Å². The van der Waals surface area contributed by atoms with Gasteiger partial charge < -0.3 is 0 Å². The molecule has 8 heteroatoms. The van der Waals surface area contributed by atoms with Gasteiger partial charge in [0.2, 0.25) is 10.0 Å². The molecule has 0 fully saturated rings. The molecule has 0 saturated heterocycles. The third-order valence-corrected chi connectivity index (χ3v) is 6.31. The van der Waals surface area contributed by atoms with Crippen molar-refractivity contribution in [1.82, 2.24) is 9.29 Å². The average molecular weight is 460 g/mol. The third-order valence-electron chi connectivity index (χ3n) is 4.03. The molecule has 0 radical (unpaired) electrons. The van der Waals surface area contributed by atoms with Crippen molar-refractivity contribution in [3.63, 3.8) is 0 Å². The highest BCUT2D eigenvalue weighted by Gasteiger charge is 2.26. The molecule has 3 aromatic rings. The minimum absolute atomic E-state index is 0.0278. The number of nitriles is 1. The van der Waals surface area contributed by atoms with E-state index in [0.29, 0.717) is 10.2 Å². The summed E-state index contributed by atoms with van der Waals surface area (Å²) in [5, 5.41) is 9.08. The minimum Gasteiger partial charge on any atom is -0.260 e. The topological polar surface area (TPSA) is 74.1 Å². The fourth-order valence-electron chi connectivity index (χ4n) is 2.61. The van der Waals surface area contributed by atoms with E-state index in [4.69, 9.17) is 5.26 Å². The van der Waals surface area contributed by atoms with Crippen LogP contribution in [0, 0.1) is 17.1 Å². The van der Waals surface area contributed by atoms with E-state index in [1.807, 2.05) is 6.07 Å². The lowest BCUT2D eigenvalue weighted by atomic mass is 10.2. The lowest BCUT2D eigenvalue weighted by Crippen LogP contribution is -2.31. The van der Waals surface area contributed by atoms with Crippen LogP contribution >= 0.6 is 15.9 Å². The third kappa shape index (κ3) is 4.62. The molecule has 28 heavy (non-hydrogen) atoms. The van der Waals surface area contributed by atoms with Crippen molar-refractivity contribution in [2.24, 2.45) is 0 Å². The number of sulfonamides is 1. The molecule has 1 aromatic heterocycles. The Hall–Kier alpha value is -2.60. The first-order chi connectivity index (χ1) is 13.4. The number of benzene rings is 2. The standard InChI is InChI=1S/C20H15BrFN3O2S/c21-17-8-7-16(20(22)11-17)13-25(14-18-5-1-2-9-24-18)28(26,27)19-6-3-4-15(10-19)12-23/h1-11H,13-14H2. The summed E-state index contributed by atoms with van der Waals surface area (Å²) in [6, 6.07) is 17.3. The van der Waals surface area contributed by atoms with Gasteiger partial charge in [0.15, 0.2) is 0 Å². The first kappa shape index (κ1) is 20.1. The molecule has 1 heterocycles. The van der Waals surface area contributed by atoms with Gasteiger partial charge in [-0.2, -0.15) is 9.57 Å². The molecular formula is C20H15BrFN3O2S. The lowest BCUT2D eigenvalue weighted by Gasteiger charge is -2.22. The highest BCUT2D eigenvalue weighted by molar-refractivity contribution is 9.10. The van der Waals surface area contributed by atoms with Gasteiger partial charge in [-0.1, -0.05) is 34.1 Å². The van der Waals surface area contributed by atoms with E-state index in [9.17, 15) is 12.8 Å². The van der Waals surface area contributed by atoms with Crippen LogP contribution < -0.4 is 0 Å². The first-order valence-electron chi connectivity index (χ1n) is 8.24. The summed E-state index contributed by atoms with van der Waals surface area (Å²) in [6.45, 7) is -0.204. The normalized spacial score (nSPS) is 11.4. The number of hydrogen-bond acceptors (Lipinski definition) is 4. The van der Waals surface area contributed by atoms with Crippen molar-refractivity contribution in [1.29, 1.82) is 5.26 Å². The average Bonchev–Trinajstić information content (AvgIpc) is 2.70. The van der Waals surface area contributed by atoms with Crippen LogP contribution in [0.5, 0.6) is 0 Å². The van der Waals surface area contributed by atoms with Gasteiger partial charge in [-0.25, -0.2) is 12.8 Å². The smallest absolute Gasteiger partial charge is 0.243 e. The summed E-state index contributed by atoms with van der Waals surface area (Å²) in [7, 11) is -3.99. The summed E-state index contributed by atoms with van der Waals surface area (Å²) in [4.78, 5) is 4.15. The Morgan fingerprint density at radius 1 is 1.07 bits per heavy atom. The van der Waals surface area contributed by atoms with E-state index >= 15 is 0 Å². The molecule has 3 rings (SSSR count). The molecule has 0 saturated carbocycles. The highest BCUT2D eigenvalue weighted by atomic mass is 79.9. The van der Waals surface area contributed by atoms with Gasteiger partial charge in [0, 0.05) is 22.8 Å². The molecule has 0 N–H and O–H groups in total. The van der Waals surface area contributed by atoms with Crippen LogP contribution in [0.2, 0.25) is 0 Å². The van der Waals surface area contributed by atoms with Gasteiger partial charge in [-0.3, -0.25) is 4.98 Å². The summed E-state index contributed by atoms with van der Waals surface area (Å²) in [6.07, 6.45) is 1.57. The van der Waals surface area contributed by atoms with E-state index in [0.717, 1.165) is 4.31 Å².